The van der Waals surface area contributed by atoms with E-state index in [2.05, 4.69) is 11.9 Å². The third-order valence-electron chi connectivity index (χ3n) is 1.08. The van der Waals surface area contributed by atoms with Gasteiger partial charge in [-0.3, -0.25) is 0 Å². The van der Waals surface area contributed by atoms with E-state index in [1.165, 1.54) is 0 Å². The average Bonchev–Trinajstić information content (AvgIpc) is 1.96. The second-order valence-corrected chi connectivity index (χ2v) is 3.30. The van der Waals surface area contributed by atoms with Crippen molar-refractivity contribution in [1.29, 1.82) is 0 Å². The van der Waals surface area contributed by atoms with Gasteiger partial charge in [-0.05, 0) is 12.8 Å². The molecule has 0 saturated heterocycles. The maximum absolute atomic E-state index is 10.9. The van der Waals surface area contributed by atoms with Gasteiger partial charge in [0.15, 0.2) is 0 Å². The Bertz CT molecular complexity index is 164. The monoisotopic (exact) mass is 171 g/mol. The molecule has 0 rings (SSSR count). The lowest BCUT2D eigenvalue weighted by molar-refractivity contribution is 0.134. The fourth-order valence-corrected chi connectivity index (χ4v) is 0.516. The number of hydrogen-bond acceptors (Lipinski definition) is 2. The fraction of sp³-hybridized carbons (Fsp3) is 0.667. The third kappa shape index (κ3) is 7.12. The average molecular weight is 171 g/mol. The Morgan fingerprint density at radius 1 is 1.58 bits per heavy atom. The SMILES string of the molecule is C=C(C)CNC(=O)OCC(C)C. The van der Waals surface area contributed by atoms with Crippen LogP contribution in [-0.2, 0) is 4.74 Å². The molecule has 0 radical (unpaired) electrons. The first-order valence-corrected chi connectivity index (χ1v) is 4.07. The van der Waals surface area contributed by atoms with Gasteiger partial charge in [-0.25, -0.2) is 4.79 Å². The summed E-state index contributed by atoms with van der Waals surface area (Å²) in [6.45, 7) is 10.4. The molecule has 70 valence electrons. The van der Waals surface area contributed by atoms with Crippen molar-refractivity contribution in [3.63, 3.8) is 0 Å². The number of carbonyl (C=O) groups excluding carboxylic acids is 1. The highest BCUT2D eigenvalue weighted by Gasteiger charge is 2.01. The zero-order valence-corrected chi connectivity index (χ0v) is 8.02. The van der Waals surface area contributed by atoms with Crippen LogP contribution >= 0.6 is 0 Å². The van der Waals surface area contributed by atoms with Crippen molar-refractivity contribution >= 4 is 6.09 Å². The quantitative estimate of drug-likeness (QED) is 0.656. The van der Waals surface area contributed by atoms with Gasteiger partial charge in [-0.15, -0.1) is 0 Å². The van der Waals surface area contributed by atoms with Gasteiger partial charge >= 0.3 is 6.09 Å². The highest BCUT2D eigenvalue weighted by Crippen LogP contribution is 1.92. The molecule has 0 aliphatic rings. The van der Waals surface area contributed by atoms with Crippen LogP contribution < -0.4 is 5.32 Å². The number of ether oxygens (including phenoxy) is 1. The van der Waals surface area contributed by atoms with Crippen molar-refractivity contribution in [2.45, 2.75) is 20.8 Å². The minimum absolute atomic E-state index is 0.369. The summed E-state index contributed by atoms with van der Waals surface area (Å²) in [6.07, 6.45) is -0.369. The minimum atomic E-state index is -0.369. The van der Waals surface area contributed by atoms with Gasteiger partial charge in [0, 0.05) is 6.54 Å². The molecule has 0 spiro atoms. The van der Waals surface area contributed by atoms with Gasteiger partial charge in [-0.1, -0.05) is 26.0 Å². The van der Waals surface area contributed by atoms with E-state index in [-0.39, 0.29) is 6.09 Å². The van der Waals surface area contributed by atoms with Crippen molar-refractivity contribution in [1.82, 2.24) is 5.32 Å². The first kappa shape index (κ1) is 11.0. The molecule has 3 heteroatoms. The Kier molecular flexibility index (Phi) is 5.17. The first-order chi connectivity index (χ1) is 5.52. The number of rotatable bonds is 4. The highest BCUT2D eigenvalue weighted by atomic mass is 16.5. The molecule has 0 atom stereocenters. The highest BCUT2D eigenvalue weighted by molar-refractivity contribution is 5.67. The molecular formula is C9H17NO2. The van der Waals surface area contributed by atoms with Crippen LogP contribution in [0.1, 0.15) is 20.8 Å². The Morgan fingerprint density at radius 3 is 2.58 bits per heavy atom. The molecule has 0 aromatic heterocycles. The molecule has 1 N–H and O–H groups in total. The predicted molar refractivity (Wildman–Crippen MR) is 49.0 cm³/mol. The fourth-order valence-electron chi connectivity index (χ4n) is 0.516. The van der Waals surface area contributed by atoms with Crippen molar-refractivity contribution < 1.29 is 9.53 Å². The van der Waals surface area contributed by atoms with E-state index in [9.17, 15) is 4.79 Å². The smallest absolute Gasteiger partial charge is 0.407 e. The van der Waals surface area contributed by atoms with Gasteiger partial charge < -0.3 is 10.1 Å². The second kappa shape index (κ2) is 5.63. The van der Waals surface area contributed by atoms with Crippen LogP contribution in [0.2, 0.25) is 0 Å². The lowest BCUT2D eigenvalue weighted by atomic mass is 10.2. The molecule has 12 heavy (non-hydrogen) atoms. The van der Waals surface area contributed by atoms with Crippen molar-refractivity contribution in [2.24, 2.45) is 5.92 Å². The lowest BCUT2D eigenvalue weighted by Crippen LogP contribution is -2.26. The van der Waals surface area contributed by atoms with Crippen LogP contribution in [0.15, 0.2) is 12.2 Å². The van der Waals surface area contributed by atoms with E-state index in [1.54, 1.807) is 0 Å². The zero-order valence-electron chi connectivity index (χ0n) is 8.02. The molecule has 1 amide bonds. The number of nitrogens with one attached hydrogen (secondary N) is 1. The summed E-state index contributed by atoms with van der Waals surface area (Å²) < 4.78 is 4.86. The molecule has 0 heterocycles. The summed E-state index contributed by atoms with van der Waals surface area (Å²) in [5.41, 5.74) is 0.913. The van der Waals surface area contributed by atoms with E-state index < -0.39 is 0 Å². The van der Waals surface area contributed by atoms with Gasteiger partial charge in [0.05, 0.1) is 6.61 Å². The standard InChI is InChI=1S/C9H17NO2/c1-7(2)5-10-9(11)12-6-8(3)4/h8H,1,5-6H2,2-4H3,(H,10,11). The van der Waals surface area contributed by atoms with Crippen LogP contribution in [0, 0.1) is 5.92 Å². The summed E-state index contributed by atoms with van der Waals surface area (Å²) >= 11 is 0. The van der Waals surface area contributed by atoms with E-state index in [1.807, 2.05) is 20.8 Å². The van der Waals surface area contributed by atoms with Gasteiger partial charge in [0.1, 0.15) is 0 Å². The number of carbonyl (C=O) groups is 1. The second-order valence-electron chi connectivity index (χ2n) is 3.30. The van der Waals surface area contributed by atoms with Crippen LogP contribution in [0.25, 0.3) is 0 Å². The Labute approximate surface area is 73.8 Å². The van der Waals surface area contributed by atoms with E-state index >= 15 is 0 Å². The molecule has 0 aromatic carbocycles. The van der Waals surface area contributed by atoms with Gasteiger partial charge in [0.25, 0.3) is 0 Å². The Balaban J connectivity index is 3.40. The maximum atomic E-state index is 10.9. The van der Waals surface area contributed by atoms with E-state index in [0.29, 0.717) is 19.1 Å². The predicted octanol–water partition coefficient (Wildman–Crippen LogP) is 1.94. The summed E-state index contributed by atoms with van der Waals surface area (Å²) in [6, 6.07) is 0. The third-order valence-corrected chi connectivity index (χ3v) is 1.08. The normalized spacial score (nSPS) is 9.67. The summed E-state index contributed by atoms with van der Waals surface area (Å²) in [5, 5.41) is 2.58. The van der Waals surface area contributed by atoms with Crippen LogP contribution in [0.3, 0.4) is 0 Å². The van der Waals surface area contributed by atoms with E-state index in [4.69, 9.17) is 4.74 Å². The minimum Gasteiger partial charge on any atom is -0.449 e. The van der Waals surface area contributed by atoms with Gasteiger partial charge in [-0.2, -0.15) is 0 Å². The largest absolute Gasteiger partial charge is 0.449 e. The summed E-state index contributed by atoms with van der Waals surface area (Å²) in [7, 11) is 0. The van der Waals surface area contributed by atoms with Crippen molar-refractivity contribution in [3.05, 3.63) is 12.2 Å². The molecule has 0 unspecified atom stereocenters. The Hall–Kier alpha value is -0.990. The van der Waals surface area contributed by atoms with Crippen molar-refractivity contribution in [2.75, 3.05) is 13.2 Å². The molecule has 0 aliphatic carbocycles. The molecule has 0 aliphatic heterocycles. The maximum Gasteiger partial charge on any atom is 0.407 e. The molecule has 0 fully saturated rings. The number of alkyl carbamates (subject to hydrolysis) is 1. The molecule has 0 aromatic rings. The van der Waals surface area contributed by atoms with E-state index in [0.717, 1.165) is 5.57 Å². The Morgan fingerprint density at radius 2 is 2.17 bits per heavy atom. The van der Waals surface area contributed by atoms with Gasteiger partial charge in [0.2, 0.25) is 0 Å². The van der Waals surface area contributed by atoms with Crippen LogP contribution in [0.5, 0.6) is 0 Å². The van der Waals surface area contributed by atoms with Crippen LogP contribution in [-0.4, -0.2) is 19.2 Å². The number of amides is 1. The summed E-state index contributed by atoms with van der Waals surface area (Å²) in [4.78, 5) is 10.9. The topological polar surface area (TPSA) is 38.3 Å². The lowest BCUT2D eigenvalue weighted by Gasteiger charge is -2.08. The number of hydrogen-bond donors (Lipinski definition) is 1. The molecule has 0 bridgehead atoms. The first-order valence-electron chi connectivity index (χ1n) is 4.07. The summed E-state index contributed by atoms with van der Waals surface area (Å²) in [5.74, 6) is 0.376. The van der Waals surface area contributed by atoms with Crippen molar-refractivity contribution in [3.8, 4) is 0 Å². The molecule has 3 nitrogen and oxygen atoms in total. The zero-order chi connectivity index (χ0) is 9.56. The van der Waals surface area contributed by atoms with Crippen LogP contribution in [0.4, 0.5) is 4.79 Å². The molecule has 0 saturated carbocycles. The molecular weight excluding hydrogens is 154 g/mol.